The number of esters is 1. The summed E-state index contributed by atoms with van der Waals surface area (Å²) in [5.41, 5.74) is 9.23. The maximum absolute atomic E-state index is 13.9. The molecule has 0 fully saturated rings. The van der Waals surface area contributed by atoms with E-state index in [0.717, 1.165) is 11.1 Å². The van der Waals surface area contributed by atoms with E-state index in [1.54, 1.807) is 49.6 Å². The van der Waals surface area contributed by atoms with Crippen molar-refractivity contribution in [1.29, 1.82) is 5.41 Å². The molecule has 1 amide bonds. The van der Waals surface area contributed by atoms with Crippen molar-refractivity contribution >= 4 is 23.4 Å². The lowest BCUT2D eigenvalue weighted by molar-refractivity contribution is -0.142. The number of methoxy groups -OCH3 is 1. The van der Waals surface area contributed by atoms with Crippen LogP contribution in [0.25, 0.3) is 0 Å². The van der Waals surface area contributed by atoms with E-state index in [0.29, 0.717) is 34.9 Å². The number of amidine groups is 1. The molecular formula is C33H34N4O5. The Morgan fingerprint density at radius 2 is 1.52 bits per heavy atom. The van der Waals surface area contributed by atoms with Gasteiger partial charge in [-0.3, -0.25) is 15.0 Å². The average Bonchev–Trinajstić information content (AvgIpc) is 3.01. The molecule has 0 bridgehead atoms. The molecule has 0 saturated carbocycles. The molecule has 4 rings (SSSR count). The third-order valence-corrected chi connectivity index (χ3v) is 6.50. The monoisotopic (exact) mass is 566 g/mol. The van der Waals surface area contributed by atoms with Gasteiger partial charge in [0.2, 0.25) is 5.91 Å². The number of anilines is 1. The van der Waals surface area contributed by atoms with Crippen LogP contribution in [-0.2, 0) is 20.9 Å². The molecule has 4 aromatic carbocycles. The average molecular weight is 567 g/mol. The highest BCUT2D eigenvalue weighted by atomic mass is 16.5. The van der Waals surface area contributed by atoms with Gasteiger partial charge in [-0.1, -0.05) is 66.7 Å². The highest BCUT2D eigenvalue weighted by Gasteiger charge is 2.26. The van der Waals surface area contributed by atoms with Crippen molar-refractivity contribution in [2.75, 3.05) is 19.0 Å². The number of hydrogen-bond acceptors (Lipinski definition) is 7. The van der Waals surface area contributed by atoms with Gasteiger partial charge in [0.1, 0.15) is 25.1 Å². The second-order valence-electron chi connectivity index (χ2n) is 9.53. The van der Waals surface area contributed by atoms with E-state index in [1.807, 2.05) is 60.7 Å². The van der Waals surface area contributed by atoms with Crippen molar-refractivity contribution in [1.82, 2.24) is 5.32 Å². The van der Waals surface area contributed by atoms with Gasteiger partial charge >= 0.3 is 5.97 Å². The highest BCUT2D eigenvalue weighted by molar-refractivity contribution is 5.95. The van der Waals surface area contributed by atoms with E-state index in [1.165, 1.54) is 6.92 Å². The molecule has 0 spiro atoms. The first-order chi connectivity index (χ1) is 20.3. The van der Waals surface area contributed by atoms with E-state index in [2.05, 4.69) is 10.6 Å². The van der Waals surface area contributed by atoms with Crippen LogP contribution in [0.2, 0.25) is 0 Å². The van der Waals surface area contributed by atoms with Gasteiger partial charge in [0.05, 0.1) is 13.2 Å². The number of rotatable bonds is 13. The van der Waals surface area contributed by atoms with Crippen LogP contribution in [-0.4, -0.2) is 31.4 Å². The smallest absolute Gasteiger partial charge is 0.302 e. The van der Waals surface area contributed by atoms with Gasteiger partial charge in [-0.25, -0.2) is 0 Å². The topological polar surface area (TPSA) is 136 Å². The lowest BCUT2D eigenvalue weighted by Crippen LogP contribution is -2.38. The van der Waals surface area contributed by atoms with E-state index in [-0.39, 0.29) is 18.3 Å². The molecule has 0 aliphatic carbocycles. The van der Waals surface area contributed by atoms with Crippen molar-refractivity contribution in [3.05, 3.63) is 125 Å². The first-order valence-corrected chi connectivity index (χ1v) is 13.4. The van der Waals surface area contributed by atoms with E-state index in [9.17, 15) is 9.59 Å². The molecule has 42 heavy (non-hydrogen) atoms. The normalized spacial score (nSPS) is 12.0. The summed E-state index contributed by atoms with van der Waals surface area (Å²) in [5, 5.41) is 14.0. The SMILES string of the molecule is COc1cc([C@@H](Nc2ccc(C(=N)N)cc2)C(=O)N[C@@H](COC(C)=O)c2ccccc2)ccc1OCc1ccccc1. The number of amides is 1. The summed E-state index contributed by atoms with van der Waals surface area (Å²) in [7, 11) is 1.54. The number of hydrogen-bond donors (Lipinski definition) is 4. The molecular weight excluding hydrogens is 532 g/mol. The highest BCUT2D eigenvalue weighted by Crippen LogP contribution is 2.33. The molecule has 0 heterocycles. The number of nitrogens with two attached hydrogens (primary N) is 1. The summed E-state index contributed by atoms with van der Waals surface area (Å²) < 4.78 is 16.9. The first-order valence-electron chi connectivity index (χ1n) is 13.4. The lowest BCUT2D eigenvalue weighted by Gasteiger charge is -2.25. The largest absolute Gasteiger partial charge is 0.493 e. The number of ether oxygens (including phenoxy) is 3. The number of benzene rings is 4. The molecule has 0 aliphatic heterocycles. The molecule has 4 aromatic rings. The zero-order valence-electron chi connectivity index (χ0n) is 23.5. The van der Waals surface area contributed by atoms with Crippen LogP contribution in [0.4, 0.5) is 5.69 Å². The van der Waals surface area contributed by atoms with Gasteiger partial charge in [-0.15, -0.1) is 0 Å². The molecule has 2 atom stereocenters. The summed E-state index contributed by atoms with van der Waals surface area (Å²) in [6.45, 7) is 1.66. The molecule has 0 radical (unpaired) electrons. The summed E-state index contributed by atoms with van der Waals surface area (Å²) in [4.78, 5) is 25.5. The Balaban J connectivity index is 1.63. The molecule has 0 unspecified atom stereocenters. The van der Waals surface area contributed by atoms with Crippen LogP contribution in [0.3, 0.4) is 0 Å². The minimum Gasteiger partial charge on any atom is -0.493 e. The van der Waals surface area contributed by atoms with Crippen LogP contribution >= 0.6 is 0 Å². The molecule has 0 aliphatic rings. The van der Waals surface area contributed by atoms with Gasteiger partial charge < -0.3 is 30.6 Å². The minimum absolute atomic E-state index is 0.0271. The summed E-state index contributed by atoms with van der Waals surface area (Å²) in [6, 6.07) is 29.9. The fourth-order valence-electron chi connectivity index (χ4n) is 4.29. The Kier molecular flexibility index (Phi) is 10.1. The van der Waals surface area contributed by atoms with Crippen LogP contribution in [0.5, 0.6) is 11.5 Å². The van der Waals surface area contributed by atoms with Crippen LogP contribution in [0.1, 0.15) is 41.3 Å². The molecule has 9 heteroatoms. The van der Waals surface area contributed by atoms with E-state index in [4.69, 9.17) is 25.4 Å². The molecule has 9 nitrogen and oxygen atoms in total. The standard InChI is InChI=1S/C33H34N4O5/c1-22(38)41-21-28(24-11-7-4-8-12-24)37-33(39)31(36-27-16-13-25(14-17-27)32(34)35)26-15-18-29(30(19-26)40-2)42-20-23-9-5-3-6-10-23/h3-19,28,31,36H,20-21H2,1-2H3,(H3,34,35)(H,37,39)/t28-,31+/m0/s1. The molecule has 5 N–H and O–H groups in total. The Morgan fingerprint density at radius 1 is 0.857 bits per heavy atom. The predicted octanol–water partition coefficient (Wildman–Crippen LogP) is 5.13. The number of nitrogen functional groups attached to an aromatic ring is 1. The Morgan fingerprint density at radius 3 is 2.14 bits per heavy atom. The second kappa shape index (κ2) is 14.4. The summed E-state index contributed by atoms with van der Waals surface area (Å²) in [6.07, 6.45) is 0. The van der Waals surface area contributed by atoms with Crippen molar-refractivity contribution in [3.8, 4) is 11.5 Å². The van der Waals surface area contributed by atoms with Crippen LogP contribution < -0.4 is 25.8 Å². The van der Waals surface area contributed by atoms with Gasteiger partial charge in [-0.2, -0.15) is 0 Å². The fourth-order valence-corrected chi connectivity index (χ4v) is 4.29. The number of carbonyl (C=O) groups excluding carboxylic acids is 2. The zero-order valence-corrected chi connectivity index (χ0v) is 23.5. The molecule has 0 saturated heterocycles. The lowest BCUT2D eigenvalue weighted by atomic mass is 10.0. The predicted molar refractivity (Wildman–Crippen MR) is 162 cm³/mol. The van der Waals surface area contributed by atoms with Gasteiger partial charge in [0, 0.05) is 18.2 Å². The fraction of sp³-hybridized carbons (Fsp3) is 0.182. The Labute approximate surface area is 245 Å². The van der Waals surface area contributed by atoms with Gasteiger partial charge in [0.15, 0.2) is 11.5 Å². The van der Waals surface area contributed by atoms with Crippen molar-refractivity contribution < 1.29 is 23.8 Å². The van der Waals surface area contributed by atoms with Gasteiger partial charge in [0.25, 0.3) is 0 Å². The van der Waals surface area contributed by atoms with Crippen molar-refractivity contribution in [2.24, 2.45) is 5.73 Å². The maximum Gasteiger partial charge on any atom is 0.302 e. The number of nitrogens with one attached hydrogen (secondary N) is 3. The van der Waals surface area contributed by atoms with Crippen molar-refractivity contribution in [3.63, 3.8) is 0 Å². The summed E-state index contributed by atoms with van der Waals surface area (Å²) >= 11 is 0. The zero-order chi connectivity index (χ0) is 29.9. The second-order valence-corrected chi connectivity index (χ2v) is 9.53. The molecule has 216 valence electrons. The summed E-state index contributed by atoms with van der Waals surface area (Å²) in [5.74, 6) is 0.150. The Hall–Kier alpha value is -5.31. The third kappa shape index (κ3) is 8.11. The number of carbonyl (C=O) groups is 2. The van der Waals surface area contributed by atoms with E-state index >= 15 is 0 Å². The Bertz CT molecular complexity index is 1490. The van der Waals surface area contributed by atoms with Crippen molar-refractivity contribution in [2.45, 2.75) is 25.6 Å². The minimum atomic E-state index is -0.867. The van der Waals surface area contributed by atoms with Gasteiger partial charge in [-0.05, 0) is 53.1 Å². The maximum atomic E-state index is 13.9. The quantitative estimate of drug-likeness (QED) is 0.100. The third-order valence-electron chi connectivity index (χ3n) is 6.50. The van der Waals surface area contributed by atoms with E-state index < -0.39 is 18.1 Å². The first kappa shape index (κ1) is 29.7. The van der Waals surface area contributed by atoms with Crippen LogP contribution in [0, 0.1) is 5.41 Å². The van der Waals surface area contributed by atoms with Crippen LogP contribution in [0.15, 0.2) is 103 Å². The molecule has 0 aromatic heterocycles.